The van der Waals surface area contributed by atoms with Gasteiger partial charge in [-0.25, -0.2) is 4.79 Å². The number of likely N-dealkylation sites (tertiary alicyclic amines) is 1. The van der Waals surface area contributed by atoms with Crippen LogP contribution in [0.25, 0.3) is 0 Å². The summed E-state index contributed by atoms with van der Waals surface area (Å²) in [5, 5.41) is 0. The highest BCUT2D eigenvalue weighted by Crippen LogP contribution is 2.32. The summed E-state index contributed by atoms with van der Waals surface area (Å²) in [7, 11) is 1.32. The van der Waals surface area contributed by atoms with E-state index in [1.807, 2.05) is 31.2 Å². The van der Waals surface area contributed by atoms with Gasteiger partial charge in [-0.3, -0.25) is 4.90 Å². The molecule has 2 unspecified atom stereocenters. The Morgan fingerprint density at radius 1 is 1.41 bits per heavy atom. The molecular weight excluding hydrogens is 286 g/mol. The molecule has 1 fully saturated rings. The monoisotopic (exact) mass is 307 g/mol. The minimum Gasteiger partial charge on any atom is -0.486 e. The summed E-state index contributed by atoms with van der Waals surface area (Å²) in [6, 6.07) is 7.68. The maximum absolute atomic E-state index is 11.3. The van der Waals surface area contributed by atoms with Crippen LogP contribution in [-0.2, 0) is 9.47 Å². The predicted molar refractivity (Wildman–Crippen MR) is 79.3 cm³/mol. The van der Waals surface area contributed by atoms with Gasteiger partial charge in [0.15, 0.2) is 11.5 Å². The lowest BCUT2D eigenvalue weighted by Crippen LogP contribution is -2.42. The molecule has 6 nitrogen and oxygen atoms in total. The molecule has 22 heavy (non-hydrogen) atoms. The van der Waals surface area contributed by atoms with Crippen molar-refractivity contribution in [3.8, 4) is 11.5 Å². The summed E-state index contributed by atoms with van der Waals surface area (Å²) >= 11 is 0. The summed E-state index contributed by atoms with van der Waals surface area (Å²) in [5.74, 6) is 1.57. The van der Waals surface area contributed by atoms with Crippen LogP contribution in [0.3, 0.4) is 0 Å². The number of fused-ring (bicyclic) bond motifs is 1. The Morgan fingerprint density at radius 2 is 2.18 bits per heavy atom. The van der Waals surface area contributed by atoms with E-state index in [2.05, 4.69) is 9.64 Å². The summed E-state index contributed by atoms with van der Waals surface area (Å²) in [6.07, 6.45) is 0.137. The van der Waals surface area contributed by atoms with Gasteiger partial charge in [0, 0.05) is 26.1 Å². The first-order valence-corrected chi connectivity index (χ1v) is 7.46. The number of carbonyl (C=O) groups is 1. The Hall–Kier alpha value is -1.95. The molecule has 1 aromatic carbocycles. The topological polar surface area (TPSA) is 57.2 Å². The van der Waals surface area contributed by atoms with Crippen LogP contribution in [0.2, 0.25) is 0 Å². The molecule has 0 spiro atoms. The third-order valence-corrected chi connectivity index (χ3v) is 4.04. The van der Waals surface area contributed by atoms with Gasteiger partial charge >= 0.3 is 6.16 Å². The van der Waals surface area contributed by atoms with Crippen LogP contribution in [0.15, 0.2) is 24.3 Å². The Kier molecular flexibility index (Phi) is 4.11. The summed E-state index contributed by atoms with van der Waals surface area (Å²) in [6.45, 7) is 4.73. The number of ether oxygens (including phenoxy) is 4. The zero-order chi connectivity index (χ0) is 15.6. The Bertz CT molecular complexity index is 549. The van der Waals surface area contributed by atoms with E-state index in [-0.39, 0.29) is 6.10 Å². The highest BCUT2D eigenvalue weighted by Gasteiger charge is 2.39. The Balaban J connectivity index is 1.54. The molecule has 0 saturated carbocycles. The molecular formula is C16H21NO5. The summed E-state index contributed by atoms with van der Waals surface area (Å²) in [5.41, 5.74) is -0.499. The van der Waals surface area contributed by atoms with E-state index in [0.29, 0.717) is 13.2 Å². The number of rotatable bonds is 3. The van der Waals surface area contributed by atoms with Gasteiger partial charge in [-0.1, -0.05) is 12.1 Å². The summed E-state index contributed by atoms with van der Waals surface area (Å²) < 4.78 is 21.6. The van der Waals surface area contributed by atoms with Crippen LogP contribution in [0.1, 0.15) is 13.3 Å². The average molecular weight is 307 g/mol. The van der Waals surface area contributed by atoms with Crippen molar-refractivity contribution in [1.29, 1.82) is 0 Å². The second-order valence-corrected chi connectivity index (χ2v) is 5.99. The molecule has 0 radical (unpaired) electrons. The number of hydrogen-bond acceptors (Lipinski definition) is 6. The fraction of sp³-hybridized carbons (Fsp3) is 0.562. The minimum atomic E-state index is -0.629. The van der Waals surface area contributed by atoms with Crippen LogP contribution < -0.4 is 9.47 Å². The molecule has 0 bridgehead atoms. The van der Waals surface area contributed by atoms with Crippen molar-refractivity contribution in [3.63, 3.8) is 0 Å². The van der Waals surface area contributed by atoms with E-state index in [1.165, 1.54) is 7.11 Å². The van der Waals surface area contributed by atoms with Crippen molar-refractivity contribution >= 4 is 6.16 Å². The molecule has 0 N–H and O–H groups in total. The van der Waals surface area contributed by atoms with Crippen LogP contribution >= 0.6 is 0 Å². The quantitative estimate of drug-likeness (QED) is 0.797. The number of benzene rings is 1. The molecule has 3 rings (SSSR count). The van der Waals surface area contributed by atoms with Gasteiger partial charge in [0.1, 0.15) is 18.3 Å². The van der Waals surface area contributed by atoms with Crippen LogP contribution in [-0.4, -0.2) is 56.1 Å². The van der Waals surface area contributed by atoms with Crippen LogP contribution in [0, 0.1) is 0 Å². The zero-order valence-electron chi connectivity index (χ0n) is 12.9. The van der Waals surface area contributed by atoms with Crippen LogP contribution in [0.5, 0.6) is 11.5 Å². The van der Waals surface area contributed by atoms with E-state index < -0.39 is 11.8 Å². The van der Waals surface area contributed by atoms with Gasteiger partial charge in [0.2, 0.25) is 0 Å². The normalized spacial score (nSPS) is 27.5. The maximum Gasteiger partial charge on any atom is 0.508 e. The lowest BCUT2D eigenvalue weighted by molar-refractivity contribution is -0.0142. The minimum absolute atomic E-state index is 0.0182. The predicted octanol–water partition coefficient (Wildman–Crippen LogP) is 2.07. The molecule has 1 aromatic rings. The molecule has 2 atom stereocenters. The van der Waals surface area contributed by atoms with Gasteiger partial charge in [-0.2, -0.15) is 0 Å². The highest BCUT2D eigenvalue weighted by atomic mass is 16.7. The first-order chi connectivity index (χ1) is 10.6. The molecule has 6 heteroatoms. The molecule has 2 aliphatic heterocycles. The molecule has 2 heterocycles. The highest BCUT2D eigenvalue weighted by molar-refractivity contribution is 5.60. The number of hydrogen-bond donors (Lipinski definition) is 0. The SMILES string of the molecule is COC(=O)OC1(C)CCN(CC2COc3ccccc3O2)C1. The zero-order valence-corrected chi connectivity index (χ0v) is 12.9. The second kappa shape index (κ2) is 6.04. The van der Waals surface area contributed by atoms with E-state index in [1.54, 1.807) is 0 Å². The number of methoxy groups -OCH3 is 1. The second-order valence-electron chi connectivity index (χ2n) is 5.99. The molecule has 1 saturated heterocycles. The van der Waals surface area contributed by atoms with E-state index in [4.69, 9.17) is 14.2 Å². The first-order valence-electron chi connectivity index (χ1n) is 7.46. The van der Waals surface area contributed by atoms with Gasteiger partial charge in [-0.15, -0.1) is 0 Å². The lowest BCUT2D eigenvalue weighted by Gasteiger charge is -2.30. The smallest absolute Gasteiger partial charge is 0.486 e. The van der Waals surface area contributed by atoms with E-state index >= 15 is 0 Å². The number of carbonyl (C=O) groups excluding carboxylic acids is 1. The number of para-hydroxylation sites is 2. The van der Waals surface area contributed by atoms with Crippen molar-refractivity contribution in [2.24, 2.45) is 0 Å². The fourth-order valence-corrected chi connectivity index (χ4v) is 2.95. The van der Waals surface area contributed by atoms with Gasteiger partial charge in [0.25, 0.3) is 0 Å². The standard InChI is InChI=1S/C16H21NO5/c1-16(22-15(18)19-2)7-8-17(11-16)9-12-10-20-13-5-3-4-6-14(13)21-12/h3-6,12H,7-11H2,1-2H3. The third-order valence-electron chi connectivity index (χ3n) is 4.04. The third kappa shape index (κ3) is 3.27. The molecule has 120 valence electrons. The van der Waals surface area contributed by atoms with Crippen molar-refractivity contribution in [3.05, 3.63) is 24.3 Å². The number of nitrogens with zero attached hydrogens (tertiary/aromatic N) is 1. The van der Waals surface area contributed by atoms with Crippen molar-refractivity contribution in [2.75, 3.05) is 33.4 Å². The molecule has 0 amide bonds. The Labute approximate surface area is 129 Å². The first kappa shape index (κ1) is 15.0. The fourth-order valence-electron chi connectivity index (χ4n) is 2.95. The van der Waals surface area contributed by atoms with E-state index in [9.17, 15) is 4.79 Å². The Morgan fingerprint density at radius 3 is 2.95 bits per heavy atom. The molecule has 0 aromatic heterocycles. The van der Waals surface area contributed by atoms with Crippen LogP contribution in [0.4, 0.5) is 4.79 Å². The van der Waals surface area contributed by atoms with E-state index in [0.717, 1.165) is 31.0 Å². The maximum atomic E-state index is 11.3. The van der Waals surface area contributed by atoms with Crippen molar-refractivity contribution in [2.45, 2.75) is 25.0 Å². The van der Waals surface area contributed by atoms with Crippen molar-refractivity contribution in [1.82, 2.24) is 4.90 Å². The van der Waals surface area contributed by atoms with Crippen molar-refractivity contribution < 1.29 is 23.7 Å². The van der Waals surface area contributed by atoms with Gasteiger partial charge in [-0.05, 0) is 19.1 Å². The molecule has 2 aliphatic rings. The van der Waals surface area contributed by atoms with Gasteiger partial charge < -0.3 is 18.9 Å². The van der Waals surface area contributed by atoms with Gasteiger partial charge in [0.05, 0.1) is 7.11 Å². The largest absolute Gasteiger partial charge is 0.508 e. The molecule has 0 aliphatic carbocycles. The lowest BCUT2D eigenvalue weighted by atomic mass is 10.1. The summed E-state index contributed by atoms with van der Waals surface area (Å²) in [4.78, 5) is 13.5. The average Bonchev–Trinajstić information content (AvgIpc) is 2.87.